The zero-order valence-corrected chi connectivity index (χ0v) is 36.9. The maximum absolute atomic E-state index is 14.1. The Morgan fingerprint density at radius 2 is 1.40 bits per heavy atom. The Labute approximate surface area is 380 Å². The molecule has 1 aliphatic carbocycles. The molecule has 5 aliphatic rings. The highest BCUT2D eigenvalue weighted by Gasteiger charge is 2.30. The van der Waals surface area contributed by atoms with E-state index in [1.54, 1.807) is 25.3 Å². The third-order valence-corrected chi connectivity index (χ3v) is 11.6. The van der Waals surface area contributed by atoms with Crippen molar-refractivity contribution in [2.45, 2.75) is 76.6 Å². The van der Waals surface area contributed by atoms with Crippen LogP contribution in [0, 0.1) is 17.8 Å². The van der Waals surface area contributed by atoms with E-state index in [1.807, 2.05) is 110 Å². The fraction of sp³-hybridized carbons (Fsp3) is 0.321. The first-order valence-corrected chi connectivity index (χ1v) is 22.3. The molecule has 4 bridgehead atoms. The second kappa shape index (κ2) is 22.9. The molecule has 0 saturated heterocycles. The van der Waals surface area contributed by atoms with Gasteiger partial charge in [0.05, 0.1) is 13.7 Å². The molecule has 65 heavy (non-hydrogen) atoms. The lowest BCUT2D eigenvalue weighted by Gasteiger charge is -2.29. The molecule has 0 aromatic heterocycles. The molecule has 1 fully saturated rings. The number of methoxy groups -OCH3 is 1. The maximum atomic E-state index is 14.1. The second-order valence-corrected chi connectivity index (χ2v) is 16.3. The van der Waals surface area contributed by atoms with Gasteiger partial charge in [-0.25, -0.2) is 0 Å². The van der Waals surface area contributed by atoms with E-state index in [0.29, 0.717) is 66.4 Å². The Morgan fingerprint density at radius 3 is 2.11 bits per heavy atom. The Morgan fingerprint density at radius 1 is 0.692 bits per heavy atom. The normalized spacial score (nSPS) is 19.8. The second-order valence-electron chi connectivity index (χ2n) is 16.3. The molecule has 4 aliphatic heterocycles. The molecular weight excluding hydrogens is 821 g/mol. The summed E-state index contributed by atoms with van der Waals surface area (Å²) in [6.45, 7) is 2.41. The zero-order chi connectivity index (χ0) is 45.4. The van der Waals surface area contributed by atoms with Crippen LogP contribution in [0.25, 0.3) is 0 Å². The standard InChI is InChI=1S/C53H56N4O8/c1-3-63-47-32-40(15-14-36-18-24-44(62-2)25-19-36)30-42-34-64-45-26-20-37(21-27-45)28-29-54-52(60)46(31-38-10-6-4-7-11-38)56-53(61)50(41-12-8-5-9-13-41)57-48(58)33-39-16-22-43(23-17-39)55-49(59)35-65-51(42)47/h4-13,18-21,24-27,30,32,39,43,46,50H,3,16-17,22-23,28-29,31,33-35H2,1-2H3,(H,54,60)(H,55,59)(H,56,61)(H,57,58)/t39?,43?,46-,50+/m1/s1. The van der Waals surface area contributed by atoms with Crippen LogP contribution in [0.1, 0.15) is 78.5 Å². The fourth-order valence-corrected chi connectivity index (χ4v) is 8.11. The summed E-state index contributed by atoms with van der Waals surface area (Å²) < 4.78 is 23.9. The van der Waals surface area contributed by atoms with E-state index in [0.717, 1.165) is 35.3 Å². The topological polar surface area (TPSA) is 153 Å². The maximum Gasteiger partial charge on any atom is 0.258 e. The molecule has 10 rings (SSSR count). The summed E-state index contributed by atoms with van der Waals surface area (Å²) in [5.41, 5.74) is 4.59. The van der Waals surface area contributed by atoms with Crippen LogP contribution in [-0.4, -0.2) is 62.6 Å². The number of amides is 4. The van der Waals surface area contributed by atoms with Gasteiger partial charge in [-0.15, -0.1) is 0 Å². The van der Waals surface area contributed by atoms with Gasteiger partial charge in [-0.2, -0.15) is 0 Å². The Bertz CT molecular complexity index is 2440. The number of nitrogens with one attached hydrogen (secondary N) is 4. The molecule has 12 nitrogen and oxygen atoms in total. The van der Waals surface area contributed by atoms with Crippen molar-refractivity contribution in [3.05, 3.63) is 155 Å². The smallest absolute Gasteiger partial charge is 0.258 e. The highest BCUT2D eigenvalue weighted by Crippen LogP contribution is 2.35. The zero-order valence-electron chi connectivity index (χ0n) is 36.9. The van der Waals surface area contributed by atoms with Crippen molar-refractivity contribution in [2.75, 3.05) is 26.9 Å². The molecule has 5 aromatic rings. The van der Waals surface area contributed by atoms with E-state index >= 15 is 0 Å². The van der Waals surface area contributed by atoms with Gasteiger partial charge >= 0.3 is 0 Å². The molecular formula is C53H56N4O8. The Kier molecular flexibility index (Phi) is 16.1. The number of benzene rings is 5. The van der Waals surface area contributed by atoms with Crippen molar-refractivity contribution >= 4 is 23.6 Å². The lowest BCUT2D eigenvalue weighted by atomic mass is 9.84. The van der Waals surface area contributed by atoms with Crippen molar-refractivity contribution < 1.29 is 38.1 Å². The van der Waals surface area contributed by atoms with E-state index in [9.17, 15) is 19.2 Å². The number of ether oxygens (including phenoxy) is 4. The minimum absolute atomic E-state index is 0.0655. The summed E-state index contributed by atoms with van der Waals surface area (Å²) >= 11 is 0. The molecule has 4 N–H and O–H groups in total. The van der Waals surface area contributed by atoms with Gasteiger partial charge in [-0.05, 0) is 110 Å². The van der Waals surface area contributed by atoms with Gasteiger partial charge in [0.25, 0.3) is 5.91 Å². The Balaban J connectivity index is 1.13. The first kappa shape index (κ1) is 45.8. The van der Waals surface area contributed by atoms with Gasteiger partial charge in [0.15, 0.2) is 18.1 Å². The first-order chi connectivity index (χ1) is 31.7. The molecule has 1 saturated carbocycles. The van der Waals surface area contributed by atoms with Gasteiger partial charge in [-0.3, -0.25) is 19.2 Å². The van der Waals surface area contributed by atoms with Crippen molar-refractivity contribution in [1.82, 2.24) is 21.3 Å². The predicted octanol–water partition coefficient (Wildman–Crippen LogP) is 6.77. The van der Waals surface area contributed by atoms with Crippen molar-refractivity contribution in [3.63, 3.8) is 0 Å². The summed E-state index contributed by atoms with van der Waals surface area (Å²) in [7, 11) is 1.62. The number of hydrogen-bond acceptors (Lipinski definition) is 8. The van der Waals surface area contributed by atoms with Gasteiger partial charge in [-0.1, -0.05) is 84.6 Å². The van der Waals surface area contributed by atoms with E-state index in [4.69, 9.17) is 18.9 Å². The monoisotopic (exact) mass is 876 g/mol. The third-order valence-electron chi connectivity index (χ3n) is 11.6. The van der Waals surface area contributed by atoms with Crippen LogP contribution in [0.3, 0.4) is 0 Å². The van der Waals surface area contributed by atoms with Gasteiger partial charge in [0.1, 0.15) is 30.2 Å². The van der Waals surface area contributed by atoms with Crippen LogP contribution in [0.5, 0.6) is 23.0 Å². The minimum Gasteiger partial charge on any atom is -0.497 e. The van der Waals surface area contributed by atoms with Gasteiger partial charge < -0.3 is 40.2 Å². The molecule has 0 spiro atoms. The van der Waals surface area contributed by atoms with Crippen LogP contribution in [0.2, 0.25) is 0 Å². The third kappa shape index (κ3) is 13.4. The number of carbonyl (C=O) groups is 4. The molecule has 4 amide bonds. The Hall–Kier alpha value is -7.26. The van der Waals surface area contributed by atoms with E-state index in [2.05, 4.69) is 33.1 Å². The van der Waals surface area contributed by atoms with E-state index in [-0.39, 0.29) is 55.7 Å². The number of rotatable bonds is 6. The largest absolute Gasteiger partial charge is 0.497 e. The molecule has 336 valence electrons. The molecule has 4 heterocycles. The highest BCUT2D eigenvalue weighted by molar-refractivity contribution is 5.93. The molecule has 2 atom stereocenters. The SMILES string of the molecule is CCOc1cc(C#Cc2ccc(OC)cc2)cc2c1OCC(=O)NC1CCC(CC1)CC(=O)N[C@@H](c1ccccc1)C(=O)N[C@H](Cc1ccccc1)C(=O)NCCc1ccc(cc1)OC2. The molecule has 0 radical (unpaired) electrons. The van der Waals surface area contributed by atoms with Crippen molar-refractivity contribution in [2.24, 2.45) is 5.92 Å². The molecule has 5 aromatic carbocycles. The minimum atomic E-state index is -1.01. The summed E-state index contributed by atoms with van der Waals surface area (Å²) in [5.74, 6) is 7.35. The number of hydrogen-bond donors (Lipinski definition) is 4. The fourth-order valence-electron chi connectivity index (χ4n) is 8.11. The quantitative estimate of drug-likeness (QED) is 0.137. The van der Waals surface area contributed by atoms with Crippen LogP contribution in [0.4, 0.5) is 0 Å². The lowest BCUT2D eigenvalue weighted by molar-refractivity contribution is -0.132. The summed E-state index contributed by atoms with van der Waals surface area (Å²) in [4.78, 5) is 55.0. The summed E-state index contributed by atoms with van der Waals surface area (Å²) in [6, 6.07) is 35.3. The number of carbonyl (C=O) groups excluding carboxylic acids is 4. The van der Waals surface area contributed by atoms with Crippen molar-refractivity contribution in [3.8, 4) is 34.8 Å². The van der Waals surface area contributed by atoms with Crippen LogP contribution >= 0.6 is 0 Å². The van der Waals surface area contributed by atoms with Crippen LogP contribution in [-0.2, 0) is 38.6 Å². The highest BCUT2D eigenvalue weighted by atomic mass is 16.5. The van der Waals surface area contributed by atoms with Gasteiger partial charge in [0.2, 0.25) is 17.7 Å². The molecule has 0 unspecified atom stereocenters. The van der Waals surface area contributed by atoms with Crippen molar-refractivity contribution in [1.29, 1.82) is 0 Å². The van der Waals surface area contributed by atoms with Crippen LogP contribution < -0.4 is 40.2 Å². The summed E-state index contributed by atoms with van der Waals surface area (Å²) in [6.07, 6.45) is 3.82. The summed E-state index contributed by atoms with van der Waals surface area (Å²) in [5, 5.41) is 12.1. The van der Waals surface area contributed by atoms with E-state index < -0.39 is 18.0 Å². The predicted molar refractivity (Wildman–Crippen MR) is 247 cm³/mol. The van der Waals surface area contributed by atoms with Gasteiger partial charge in [0, 0.05) is 42.1 Å². The van der Waals surface area contributed by atoms with Crippen LogP contribution in [0.15, 0.2) is 121 Å². The van der Waals surface area contributed by atoms with E-state index in [1.165, 1.54) is 0 Å². The lowest BCUT2D eigenvalue weighted by Crippen LogP contribution is -2.52. The first-order valence-electron chi connectivity index (χ1n) is 22.3. The average molecular weight is 877 g/mol. The average Bonchev–Trinajstić information content (AvgIpc) is 3.33. The molecule has 12 heteroatoms.